The van der Waals surface area contributed by atoms with E-state index in [1.165, 1.54) is 4.90 Å². The molecule has 2 atom stereocenters. The molecule has 1 aliphatic heterocycles. The summed E-state index contributed by atoms with van der Waals surface area (Å²) in [4.78, 5) is 40.3. The summed E-state index contributed by atoms with van der Waals surface area (Å²) >= 11 is 0. The van der Waals surface area contributed by atoms with Crippen molar-refractivity contribution in [3.8, 4) is 0 Å². The van der Waals surface area contributed by atoms with Crippen LogP contribution in [0.4, 0.5) is 0 Å². The van der Waals surface area contributed by atoms with Gasteiger partial charge in [0.25, 0.3) is 0 Å². The van der Waals surface area contributed by atoms with E-state index in [0.717, 1.165) is 17.0 Å². The first-order valence-corrected chi connectivity index (χ1v) is 11.5. The molecular weight excluding hydrogens is 418 g/mol. The lowest BCUT2D eigenvalue weighted by molar-refractivity contribution is -0.137. The lowest BCUT2D eigenvalue weighted by atomic mass is 10.0. The largest absolute Gasteiger partial charge is 0.349 e. The summed E-state index contributed by atoms with van der Waals surface area (Å²) in [6.07, 6.45) is 1.03. The first-order chi connectivity index (χ1) is 15.7. The smallest absolute Gasteiger partial charge is 0.242 e. The van der Waals surface area contributed by atoms with E-state index in [9.17, 15) is 14.4 Å². The maximum atomic E-state index is 13.3. The summed E-state index contributed by atoms with van der Waals surface area (Å²) in [6, 6.07) is 12.7. The van der Waals surface area contributed by atoms with Crippen LogP contribution in [0.3, 0.4) is 0 Å². The summed E-state index contributed by atoms with van der Waals surface area (Å²) in [7, 11) is 3.57. The topological polar surface area (TPSA) is 95.5 Å². The zero-order valence-corrected chi connectivity index (χ0v) is 19.9. The van der Waals surface area contributed by atoms with Crippen molar-refractivity contribution in [3.05, 3.63) is 59.4 Å². The van der Waals surface area contributed by atoms with Gasteiger partial charge in [-0.2, -0.15) is 0 Å². The number of rotatable bonds is 4. The number of carbonyl (C=O) groups is 3. The molecule has 3 rings (SSSR count). The Bertz CT molecular complexity index is 970. The van der Waals surface area contributed by atoms with Gasteiger partial charge in [0.15, 0.2) is 0 Å². The van der Waals surface area contributed by atoms with Crippen molar-refractivity contribution >= 4 is 17.7 Å². The third-order valence-corrected chi connectivity index (χ3v) is 6.00. The highest BCUT2D eigenvalue weighted by atomic mass is 16.2. The highest BCUT2D eigenvalue weighted by molar-refractivity contribution is 5.91. The molecule has 1 aromatic heterocycles. The van der Waals surface area contributed by atoms with Gasteiger partial charge >= 0.3 is 0 Å². The molecule has 2 bridgehead atoms. The van der Waals surface area contributed by atoms with Crippen LogP contribution in [0.15, 0.2) is 42.5 Å². The number of fused-ring (bicyclic) bond motifs is 2. The van der Waals surface area contributed by atoms with Gasteiger partial charge < -0.3 is 20.1 Å². The van der Waals surface area contributed by atoms with Crippen molar-refractivity contribution in [3.63, 3.8) is 0 Å². The van der Waals surface area contributed by atoms with Crippen molar-refractivity contribution in [2.45, 2.75) is 51.9 Å². The Balaban J connectivity index is 1.87. The van der Waals surface area contributed by atoms with E-state index in [-0.39, 0.29) is 30.2 Å². The molecule has 0 aliphatic carbocycles. The summed E-state index contributed by atoms with van der Waals surface area (Å²) in [5.41, 5.74) is 3.00. The quantitative estimate of drug-likeness (QED) is 0.651. The average molecular weight is 454 g/mol. The van der Waals surface area contributed by atoms with E-state index in [4.69, 9.17) is 0 Å². The van der Waals surface area contributed by atoms with Gasteiger partial charge in [0.05, 0.1) is 19.1 Å². The lowest BCUT2D eigenvalue weighted by Crippen LogP contribution is -2.52. The Morgan fingerprint density at radius 2 is 1.61 bits per heavy atom. The summed E-state index contributed by atoms with van der Waals surface area (Å²) in [5, 5.41) is 9.16. The lowest BCUT2D eigenvalue weighted by Gasteiger charge is -2.26. The molecule has 0 saturated heterocycles. The molecule has 8 heteroatoms. The Kier molecular flexibility index (Phi) is 8.27. The first kappa shape index (κ1) is 24.5. The molecular formula is C25H35N5O3. The van der Waals surface area contributed by atoms with E-state index in [2.05, 4.69) is 16.0 Å². The zero-order chi connectivity index (χ0) is 24.0. The van der Waals surface area contributed by atoms with Gasteiger partial charge in [-0.15, -0.1) is 0 Å². The number of hydrogen-bond donors (Lipinski definition) is 3. The molecule has 1 aromatic carbocycles. The van der Waals surface area contributed by atoms with Gasteiger partial charge in [0.1, 0.15) is 6.04 Å². The number of nitrogens with one attached hydrogen (secondary N) is 3. The third-order valence-electron chi connectivity index (χ3n) is 6.00. The number of benzene rings is 1. The van der Waals surface area contributed by atoms with Gasteiger partial charge in [-0.3, -0.25) is 19.7 Å². The molecule has 2 heterocycles. The molecule has 0 fully saturated rings. The second-order valence-corrected chi connectivity index (χ2v) is 9.16. The van der Waals surface area contributed by atoms with Gasteiger partial charge in [-0.1, -0.05) is 44.2 Å². The minimum atomic E-state index is -0.649. The standard InChI is InChI=1S/C25H35N5O3/c1-17(2)12-21-24(32)27-15-20-11-10-19(30(20)4)14-26-22(13-18-8-6-5-7-9-18)25(33)29(3)16-23(31)28-21/h5-11,17,21-22,26H,12-16H2,1-4H3,(H,27,32)(H,28,31)/t21-,22-/m0/s1. The molecule has 2 aromatic rings. The van der Waals surface area contributed by atoms with E-state index in [1.807, 2.05) is 67.9 Å². The van der Waals surface area contributed by atoms with Crippen molar-refractivity contribution < 1.29 is 14.4 Å². The van der Waals surface area contributed by atoms with Gasteiger partial charge in [-0.05, 0) is 36.5 Å². The first-order valence-electron chi connectivity index (χ1n) is 11.5. The third kappa shape index (κ3) is 6.68. The molecule has 0 unspecified atom stereocenters. The minimum absolute atomic E-state index is 0.110. The predicted octanol–water partition coefficient (Wildman–Crippen LogP) is 1.35. The second-order valence-electron chi connectivity index (χ2n) is 9.16. The number of aromatic nitrogens is 1. The van der Waals surface area contributed by atoms with Crippen LogP contribution in [0.5, 0.6) is 0 Å². The fourth-order valence-corrected chi connectivity index (χ4v) is 4.08. The van der Waals surface area contributed by atoms with Crippen LogP contribution in [0.2, 0.25) is 0 Å². The molecule has 1 aliphatic rings. The Morgan fingerprint density at radius 1 is 0.939 bits per heavy atom. The van der Waals surface area contributed by atoms with E-state index < -0.39 is 12.1 Å². The van der Waals surface area contributed by atoms with Crippen LogP contribution in [0, 0.1) is 5.92 Å². The molecule has 178 valence electrons. The number of hydrogen-bond acceptors (Lipinski definition) is 4. The number of nitrogens with zero attached hydrogens (tertiary/aromatic N) is 2. The highest BCUT2D eigenvalue weighted by Crippen LogP contribution is 2.12. The highest BCUT2D eigenvalue weighted by Gasteiger charge is 2.27. The van der Waals surface area contributed by atoms with Crippen LogP contribution in [-0.4, -0.2) is 52.9 Å². The fraction of sp³-hybridized carbons (Fsp3) is 0.480. The van der Waals surface area contributed by atoms with Crippen molar-refractivity contribution in [2.24, 2.45) is 13.0 Å². The molecule has 3 N–H and O–H groups in total. The maximum Gasteiger partial charge on any atom is 0.242 e. The Morgan fingerprint density at radius 3 is 2.27 bits per heavy atom. The van der Waals surface area contributed by atoms with Crippen LogP contribution in [-0.2, 0) is 40.9 Å². The summed E-state index contributed by atoms with van der Waals surface area (Å²) in [5.74, 6) is -0.504. The van der Waals surface area contributed by atoms with Crippen molar-refractivity contribution in [1.29, 1.82) is 0 Å². The van der Waals surface area contributed by atoms with E-state index >= 15 is 0 Å². The Hall–Kier alpha value is -3.13. The number of amides is 3. The molecule has 33 heavy (non-hydrogen) atoms. The van der Waals surface area contributed by atoms with E-state index in [1.54, 1.807) is 7.05 Å². The molecule has 8 nitrogen and oxygen atoms in total. The van der Waals surface area contributed by atoms with Gasteiger partial charge in [0, 0.05) is 32.0 Å². The average Bonchev–Trinajstić information content (AvgIpc) is 3.13. The predicted molar refractivity (Wildman–Crippen MR) is 127 cm³/mol. The van der Waals surface area contributed by atoms with Crippen molar-refractivity contribution in [1.82, 2.24) is 25.4 Å². The normalized spacial score (nSPS) is 20.8. The maximum absolute atomic E-state index is 13.3. The fourth-order valence-electron chi connectivity index (χ4n) is 4.08. The Labute approximate surface area is 195 Å². The van der Waals surface area contributed by atoms with E-state index in [0.29, 0.717) is 25.9 Å². The summed E-state index contributed by atoms with van der Waals surface area (Å²) < 4.78 is 2.02. The van der Waals surface area contributed by atoms with Crippen molar-refractivity contribution in [2.75, 3.05) is 13.6 Å². The minimum Gasteiger partial charge on any atom is -0.349 e. The molecule has 3 amide bonds. The molecule has 0 spiro atoms. The van der Waals surface area contributed by atoms with Crippen LogP contribution < -0.4 is 16.0 Å². The number of carbonyl (C=O) groups excluding carboxylic acids is 3. The van der Waals surface area contributed by atoms with Crippen LogP contribution in [0.25, 0.3) is 0 Å². The van der Waals surface area contributed by atoms with Gasteiger partial charge in [-0.25, -0.2) is 0 Å². The molecule has 0 radical (unpaired) electrons. The number of likely N-dealkylation sites (N-methyl/N-ethyl adjacent to an activating group) is 1. The SMILES string of the molecule is CC(C)C[C@@H]1NC(=O)CN(C)C(=O)[C@H](Cc2ccccc2)NCc2ccc(n2C)CNC1=O. The van der Waals surface area contributed by atoms with Gasteiger partial charge in [0.2, 0.25) is 17.7 Å². The zero-order valence-electron chi connectivity index (χ0n) is 19.9. The monoisotopic (exact) mass is 453 g/mol. The summed E-state index contributed by atoms with van der Waals surface area (Å²) in [6.45, 7) is 4.76. The van der Waals surface area contributed by atoms with Crippen LogP contribution >= 0.6 is 0 Å². The van der Waals surface area contributed by atoms with Crippen LogP contribution in [0.1, 0.15) is 37.2 Å². The second kappa shape index (κ2) is 11.1. The molecule has 0 saturated carbocycles.